The first-order valence-electron chi connectivity index (χ1n) is 5.89. The van der Waals surface area contributed by atoms with Crippen molar-refractivity contribution in [2.24, 2.45) is 0 Å². The van der Waals surface area contributed by atoms with Crippen LogP contribution >= 0.6 is 0 Å². The van der Waals surface area contributed by atoms with Crippen LogP contribution in [0, 0.1) is 0 Å². The highest BCUT2D eigenvalue weighted by Crippen LogP contribution is 2.09. The second kappa shape index (κ2) is 5.80. The van der Waals surface area contributed by atoms with Gasteiger partial charge in [-0.15, -0.1) is 0 Å². The number of hydrogen-bond acceptors (Lipinski definition) is 3. The van der Waals surface area contributed by atoms with E-state index in [9.17, 15) is 4.79 Å². The zero-order valence-corrected chi connectivity index (χ0v) is 10.1. The fourth-order valence-corrected chi connectivity index (χ4v) is 1.96. The summed E-state index contributed by atoms with van der Waals surface area (Å²) in [5.74, 6) is 0.121. The maximum atomic E-state index is 12.1. The van der Waals surface area contributed by atoms with Crippen molar-refractivity contribution in [3.8, 4) is 0 Å². The Morgan fingerprint density at radius 3 is 2.53 bits per heavy atom. The van der Waals surface area contributed by atoms with Gasteiger partial charge in [-0.25, -0.2) is 0 Å². The third-order valence-corrected chi connectivity index (χ3v) is 2.92. The van der Waals surface area contributed by atoms with Gasteiger partial charge < -0.3 is 15.0 Å². The minimum Gasteiger partial charge on any atom is -0.380 e. The van der Waals surface area contributed by atoms with Gasteiger partial charge in [0.05, 0.1) is 6.61 Å². The van der Waals surface area contributed by atoms with Crippen LogP contribution in [-0.4, -0.2) is 44.1 Å². The molecule has 4 heteroatoms. The van der Waals surface area contributed by atoms with Gasteiger partial charge in [0, 0.05) is 38.9 Å². The summed E-state index contributed by atoms with van der Waals surface area (Å²) in [6.45, 7) is 3.93. The first kappa shape index (κ1) is 12.1. The predicted molar refractivity (Wildman–Crippen MR) is 65.9 cm³/mol. The summed E-state index contributed by atoms with van der Waals surface area (Å²) in [6, 6.07) is 7.63. The molecule has 1 heterocycles. The number of carbonyl (C=O) groups excluding carboxylic acids is 1. The third kappa shape index (κ3) is 3.05. The molecule has 0 spiro atoms. The summed E-state index contributed by atoms with van der Waals surface area (Å²) in [4.78, 5) is 14.0. The van der Waals surface area contributed by atoms with Crippen molar-refractivity contribution in [3.05, 3.63) is 35.4 Å². The van der Waals surface area contributed by atoms with E-state index in [0.717, 1.165) is 37.3 Å². The lowest BCUT2D eigenvalue weighted by Gasteiger charge is -2.27. The lowest BCUT2D eigenvalue weighted by molar-refractivity contribution is 0.0735. The van der Waals surface area contributed by atoms with Crippen molar-refractivity contribution in [2.45, 2.75) is 6.61 Å². The molecule has 1 aliphatic heterocycles. The van der Waals surface area contributed by atoms with Gasteiger partial charge in [0.2, 0.25) is 0 Å². The second-order valence-electron chi connectivity index (χ2n) is 4.17. The SMILES string of the molecule is COCc1ccc(C(=O)N2CCNCC2)cc1. The number of benzene rings is 1. The number of methoxy groups -OCH3 is 1. The van der Waals surface area contributed by atoms with E-state index >= 15 is 0 Å². The Kier molecular flexibility index (Phi) is 4.12. The number of hydrogen-bond donors (Lipinski definition) is 1. The second-order valence-corrected chi connectivity index (χ2v) is 4.17. The number of ether oxygens (including phenoxy) is 1. The molecule has 4 nitrogen and oxygen atoms in total. The fourth-order valence-electron chi connectivity index (χ4n) is 1.96. The molecule has 1 aliphatic rings. The molecule has 0 saturated carbocycles. The maximum Gasteiger partial charge on any atom is 0.253 e. The Balaban J connectivity index is 2.03. The lowest BCUT2D eigenvalue weighted by atomic mass is 10.1. The monoisotopic (exact) mass is 234 g/mol. The highest BCUT2D eigenvalue weighted by molar-refractivity contribution is 5.94. The van der Waals surface area contributed by atoms with Gasteiger partial charge in [-0.05, 0) is 17.7 Å². The quantitative estimate of drug-likeness (QED) is 0.844. The number of nitrogens with zero attached hydrogens (tertiary/aromatic N) is 1. The molecule has 1 amide bonds. The van der Waals surface area contributed by atoms with Gasteiger partial charge in [-0.3, -0.25) is 4.79 Å². The van der Waals surface area contributed by atoms with Crippen molar-refractivity contribution in [2.75, 3.05) is 33.3 Å². The standard InChI is InChI=1S/C13H18N2O2/c1-17-10-11-2-4-12(5-3-11)13(16)15-8-6-14-7-9-15/h2-5,14H,6-10H2,1H3. The average molecular weight is 234 g/mol. The molecule has 2 rings (SSSR count). The number of carbonyl (C=O) groups is 1. The smallest absolute Gasteiger partial charge is 0.253 e. The van der Waals surface area contributed by atoms with E-state index in [0.29, 0.717) is 6.61 Å². The zero-order chi connectivity index (χ0) is 12.1. The van der Waals surface area contributed by atoms with E-state index in [1.165, 1.54) is 0 Å². The molecule has 92 valence electrons. The van der Waals surface area contributed by atoms with Crippen molar-refractivity contribution < 1.29 is 9.53 Å². The number of piperazine rings is 1. The lowest BCUT2D eigenvalue weighted by Crippen LogP contribution is -2.46. The van der Waals surface area contributed by atoms with Gasteiger partial charge >= 0.3 is 0 Å². The largest absolute Gasteiger partial charge is 0.380 e. The van der Waals surface area contributed by atoms with Crippen LogP contribution in [0.5, 0.6) is 0 Å². The van der Waals surface area contributed by atoms with Crippen molar-refractivity contribution >= 4 is 5.91 Å². The van der Waals surface area contributed by atoms with E-state index < -0.39 is 0 Å². The van der Waals surface area contributed by atoms with Crippen LogP contribution in [0.15, 0.2) is 24.3 Å². The minimum absolute atomic E-state index is 0.121. The molecule has 17 heavy (non-hydrogen) atoms. The summed E-state index contributed by atoms with van der Waals surface area (Å²) in [7, 11) is 1.67. The van der Waals surface area contributed by atoms with Crippen molar-refractivity contribution in [1.29, 1.82) is 0 Å². The highest BCUT2D eigenvalue weighted by atomic mass is 16.5. The molecule has 0 bridgehead atoms. The van der Waals surface area contributed by atoms with Gasteiger partial charge in [0.25, 0.3) is 5.91 Å². The summed E-state index contributed by atoms with van der Waals surface area (Å²) < 4.78 is 5.04. The first-order valence-corrected chi connectivity index (χ1v) is 5.89. The Bertz CT molecular complexity index is 370. The molecule has 1 saturated heterocycles. The normalized spacial score (nSPS) is 15.9. The van der Waals surface area contributed by atoms with Crippen LogP contribution in [0.2, 0.25) is 0 Å². The zero-order valence-electron chi connectivity index (χ0n) is 10.1. The first-order chi connectivity index (χ1) is 8.31. The fraction of sp³-hybridized carbons (Fsp3) is 0.462. The molecular weight excluding hydrogens is 216 g/mol. The van der Waals surface area contributed by atoms with E-state index in [2.05, 4.69) is 5.32 Å². The van der Waals surface area contributed by atoms with Crippen LogP contribution in [0.4, 0.5) is 0 Å². The van der Waals surface area contributed by atoms with Gasteiger partial charge in [0.1, 0.15) is 0 Å². The molecule has 1 aromatic rings. The molecular formula is C13H18N2O2. The molecule has 1 fully saturated rings. The highest BCUT2D eigenvalue weighted by Gasteiger charge is 2.17. The molecule has 0 atom stereocenters. The van der Waals surface area contributed by atoms with E-state index in [4.69, 9.17) is 4.74 Å². The number of rotatable bonds is 3. The van der Waals surface area contributed by atoms with Crippen LogP contribution in [-0.2, 0) is 11.3 Å². The van der Waals surface area contributed by atoms with Gasteiger partial charge in [0.15, 0.2) is 0 Å². The molecule has 0 radical (unpaired) electrons. The third-order valence-electron chi connectivity index (χ3n) is 2.92. The topological polar surface area (TPSA) is 41.6 Å². The minimum atomic E-state index is 0.121. The Morgan fingerprint density at radius 2 is 1.94 bits per heavy atom. The Hall–Kier alpha value is -1.39. The average Bonchev–Trinajstić information content (AvgIpc) is 2.40. The Labute approximate surface area is 102 Å². The van der Waals surface area contributed by atoms with Gasteiger partial charge in [-0.2, -0.15) is 0 Å². The summed E-state index contributed by atoms with van der Waals surface area (Å²) >= 11 is 0. The number of nitrogens with one attached hydrogen (secondary N) is 1. The summed E-state index contributed by atoms with van der Waals surface area (Å²) in [5.41, 5.74) is 1.84. The van der Waals surface area contributed by atoms with E-state index in [1.54, 1.807) is 7.11 Å². The molecule has 1 aromatic carbocycles. The predicted octanol–water partition coefficient (Wildman–Crippen LogP) is 0.878. The molecule has 0 aromatic heterocycles. The van der Waals surface area contributed by atoms with E-state index in [-0.39, 0.29) is 5.91 Å². The van der Waals surface area contributed by atoms with E-state index in [1.807, 2.05) is 29.2 Å². The van der Waals surface area contributed by atoms with Crippen molar-refractivity contribution in [3.63, 3.8) is 0 Å². The summed E-state index contributed by atoms with van der Waals surface area (Å²) in [5, 5.41) is 3.24. The Morgan fingerprint density at radius 1 is 1.29 bits per heavy atom. The molecule has 0 aliphatic carbocycles. The van der Waals surface area contributed by atoms with Crippen LogP contribution in [0.3, 0.4) is 0 Å². The van der Waals surface area contributed by atoms with Crippen LogP contribution in [0.25, 0.3) is 0 Å². The van der Waals surface area contributed by atoms with Crippen molar-refractivity contribution in [1.82, 2.24) is 10.2 Å². The maximum absolute atomic E-state index is 12.1. The number of amides is 1. The summed E-state index contributed by atoms with van der Waals surface area (Å²) in [6.07, 6.45) is 0. The van der Waals surface area contributed by atoms with Crippen LogP contribution in [0.1, 0.15) is 15.9 Å². The molecule has 0 unspecified atom stereocenters. The molecule has 1 N–H and O–H groups in total. The van der Waals surface area contributed by atoms with Crippen LogP contribution < -0.4 is 5.32 Å². The van der Waals surface area contributed by atoms with Gasteiger partial charge in [-0.1, -0.05) is 12.1 Å².